The summed E-state index contributed by atoms with van der Waals surface area (Å²) in [4.78, 5) is 13.8. The van der Waals surface area contributed by atoms with E-state index in [0.29, 0.717) is 5.92 Å². The first kappa shape index (κ1) is 15.7. The topological polar surface area (TPSA) is 59.4 Å². The third-order valence-corrected chi connectivity index (χ3v) is 3.57. The van der Waals surface area contributed by atoms with Crippen LogP contribution in [0, 0.1) is 5.92 Å². The van der Waals surface area contributed by atoms with Gasteiger partial charge in [0.1, 0.15) is 5.60 Å². The highest BCUT2D eigenvalue weighted by molar-refractivity contribution is 5.68. The molecule has 6 heteroatoms. The highest BCUT2D eigenvalue weighted by Crippen LogP contribution is 2.20. The Morgan fingerprint density at radius 3 is 2.62 bits per heavy atom. The van der Waals surface area contributed by atoms with Crippen LogP contribution in [-0.2, 0) is 11.8 Å². The smallest absolute Gasteiger partial charge is 0.410 e. The lowest BCUT2D eigenvalue weighted by atomic mass is 9.97. The first-order valence-electron chi connectivity index (χ1n) is 7.54. The quantitative estimate of drug-likeness (QED) is 0.930. The molecule has 1 fully saturated rings. The molecule has 1 aliphatic rings. The monoisotopic (exact) mass is 294 g/mol. The number of carbonyl (C=O) groups excluding carboxylic acids is 1. The maximum atomic E-state index is 12.0. The molecule has 2 heterocycles. The van der Waals surface area contributed by atoms with E-state index in [1.165, 1.54) is 0 Å². The molecule has 21 heavy (non-hydrogen) atoms. The van der Waals surface area contributed by atoms with E-state index < -0.39 is 5.60 Å². The molecule has 0 aromatic carbocycles. The van der Waals surface area contributed by atoms with Gasteiger partial charge in [0.15, 0.2) is 0 Å². The minimum Gasteiger partial charge on any atom is -0.444 e. The second-order valence-electron chi connectivity index (χ2n) is 6.69. The van der Waals surface area contributed by atoms with E-state index in [-0.39, 0.29) is 6.09 Å². The van der Waals surface area contributed by atoms with Gasteiger partial charge in [0.05, 0.1) is 11.9 Å². The van der Waals surface area contributed by atoms with Gasteiger partial charge in [0.2, 0.25) is 0 Å². The molecule has 6 nitrogen and oxygen atoms in total. The molecule has 1 amide bonds. The minimum absolute atomic E-state index is 0.193. The fourth-order valence-electron chi connectivity index (χ4n) is 2.42. The highest BCUT2D eigenvalue weighted by atomic mass is 16.6. The summed E-state index contributed by atoms with van der Waals surface area (Å²) in [5.74, 6) is 0.587. The average Bonchev–Trinajstić information content (AvgIpc) is 2.81. The van der Waals surface area contributed by atoms with E-state index in [4.69, 9.17) is 4.74 Å². The lowest BCUT2D eigenvalue weighted by Gasteiger charge is -2.33. The van der Waals surface area contributed by atoms with Crippen LogP contribution in [0.15, 0.2) is 12.4 Å². The van der Waals surface area contributed by atoms with Crippen molar-refractivity contribution in [1.29, 1.82) is 0 Å². The van der Waals surface area contributed by atoms with Crippen LogP contribution in [0.1, 0.15) is 33.6 Å². The van der Waals surface area contributed by atoms with Crippen molar-refractivity contribution in [3.63, 3.8) is 0 Å². The third-order valence-electron chi connectivity index (χ3n) is 3.57. The number of hydrogen-bond donors (Lipinski definition) is 1. The molecule has 0 aliphatic carbocycles. The molecule has 0 saturated carbocycles. The summed E-state index contributed by atoms with van der Waals surface area (Å²) >= 11 is 0. The fraction of sp³-hybridized carbons (Fsp3) is 0.733. The molecule has 0 spiro atoms. The Morgan fingerprint density at radius 2 is 2.10 bits per heavy atom. The first-order valence-corrected chi connectivity index (χ1v) is 7.54. The van der Waals surface area contributed by atoms with E-state index in [1.807, 2.05) is 45.1 Å². The number of piperidine rings is 1. The van der Waals surface area contributed by atoms with Gasteiger partial charge in [-0.2, -0.15) is 5.10 Å². The molecule has 1 aromatic rings. The van der Waals surface area contributed by atoms with Crippen molar-refractivity contribution in [2.75, 3.05) is 25.0 Å². The molecule has 1 N–H and O–H groups in total. The zero-order valence-corrected chi connectivity index (χ0v) is 13.4. The van der Waals surface area contributed by atoms with Crippen LogP contribution in [0.2, 0.25) is 0 Å². The Hall–Kier alpha value is -1.72. The van der Waals surface area contributed by atoms with Gasteiger partial charge in [0, 0.05) is 32.9 Å². The van der Waals surface area contributed by atoms with Crippen molar-refractivity contribution in [3.05, 3.63) is 12.4 Å². The van der Waals surface area contributed by atoms with E-state index in [9.17, 15) is 4.79 Å². The molecule has 0 atom stereocenters. The van der Waals surface area contributed by atoms with Crippen molar-refractivity contribution in [2.45, 2.75) is 39.2 Å². The molecular formula is C15H26N4O2. The van der Waals surface area contributed by atoms with Crippen LogP contribution in [0.4, 0.5) is 10.5 Å². The van der Waals surface area contributed by atoms with E-state index in [2.05, 4.69) is 10.4 Å². The number of aryl methyl sites for hydroxylation is 1. The van der Waals surface area contributed by atoms with Crippen LogP contribution in [0.5, 0.6) is 0 Å². The van der Waals surface area contributed by atoms with Crippen LogP contribution < -0.4 is 5.32 Å². The number of aromatic nitrogens is 2. The van der Waals surface area contributed by atoms with Gasteiger partial charge < -0.3 is 15.0 Å². The van der Waals surface area contributed by atoms with Crippen molar-refractivity contribution < 1.29 is 9.53 Å². The third kappa shape index (κ3) is 4.95. The van der Waals surface area contributed by atoms with Crippen LogP contribution >= 0.6 is 0 Å². The van der Waals surface area contributed by atoms with Gasteiger partial charge in [-0.1, -0.05) is 0 Å². The van der Waals surface area contributed by atoms with Crippen molar-refractivity contribution in [3.8, 4) is 0 Å². The summed E-state index contributed by atoms with van der Waals surface area (Å²) in [6, 6.07) is 0. The zero-order chi connectivity index (χ0) is 15.5. The first-order chi connectivity index (χ1) is 9.83. The Kier molecular flexibility index (Phi) is 4.75. The van der Waals surface area contributed by atoms with Gasteiger partial charge in [-0.15, -0.1) is 0 Å². The number of likely N-dealkylation sites (tertiary alicyclic amines) is 1. The standard InChI is InChI=1S/C15H26N4O2/c1-15(2,3)21-14(20)19-7-5-12(6-8-19)9-16-13-10-17-18(4)11-13/h10-12,16H,5-9H2,1-4H3. The van der Waals surface area contributed by atoms with Gasteiger partial charge in [-0.25, -0.2) is 4.79 Å². The number of nitrogens with one attached hydrogen (secondary N) is 1. The summed E-state index contributed by atoms with van der Waals surface area (Å²) in [5.41, 5.74) is 0.627. The Balaban J connectivity index is 1.72. The zero-order valence-electron chi connectivity index (χ0n) is 13.4. The minimum atomic E-state index is -0.421. The Bertz CT molecular complexity index is 470. The van der Waals surface area contributed by atoms with Crippen LogP contribution in [-0.4, -0.2) is 46.0 Å². The SMILES string of the molecule is Cn1cc(NCC2CCN(C(=O)OC(C)(C)C)CC2)cn1. The van der Waals surface area contributed by atoms with E-state index in [0.717, 1.165) is 38.2 Å². The Morgan fingerprint density at radius 1 is 1.43 bits per heavy atom. The number of ether oxygens (including phenoxy) is 1. The second-order valence-corrected chi connectivity index (χ2v) is 6.69. The molecule has 1 aliphatic heterocycles. The molecule has 118 valence electrons. The number of hydrogen-bond acceptors (Lipinski definition) is 4. The molecule has 1 saturated heterocycles. The molecule has 1 aromatic heterocycles. The van der Waals surface area contributed by atoms with E-state index in [1.54, 1.807) is 4.68 Å². The van der Waals surface area contributed by atoms with Gasteiger partial charge in [-0.05, 0) is 39.5 Å². The summed E-state index contributed by atoms with van der Waals surface area (Å²) in [7, 11) is 1.91. The lowest BCUT2D eigenvalue weighted by Crippen LogP contribution is -2.42. The lowest BCUT2D eigenvalue weighted by molar-refractivity contribution is 0.0188. The second kappa shape index (κ2) is 6.37. The van der Waals surface area contributed by atoms with Crippen molar-refractivity contribution in [1.82, 2.24) is 14.7 Å². The van der Waals surface area contributed by atoms with Crippen molar-refractivity contribution >= 4 is 11.8 Å². The number of amides is 1. The number of anilines is 1. The average molecular weight is 294 g/mol. The normalized spacial score (nSPS) is 16.9. The summed E-state index contributed by atoms with van der Waals surface area (Å²) in [6.07, 6.45) is 5.62. The predicted molar refractivity (Wildman–Crippen MR) is 82.2 cm³/mol. The van der Waals surface area contributed by atoms with Gasteiger partial charge in [-0.3, -0.25) is 4.68 Å². The molecule has 0 unspecified atom stereocenters. The largest absolute Gasteiger partial charge is 0.444 e. The number of carbonyl (C=O) groups is 1. The predicted octanol–water partition coefficient (Wildman–Crippen LogP) is 2.48. The Labute approximate surface area is 126 Å². The number of nitrogens with zero attached hydrogens (tertiary/aromatic N) is 3. The van der Waals surface area contributed by atoms with Gasteiger partial charge >= 0.3 is 6.09 Å². The highest BCUT2D eigenvalue weighted by Gasteiger charge is 2.26. The van der Waals surface area contributed by atoms with Crippen molar-refractivity contribution in [2.24, 2.45) is 13.0 Å². The van der Waals surface area contributed by atoms with Crippen LogP contribution in [0.3, 0.4) is 0 Å². The molecule has 2 rings (SSSR count). The van der Waals surface area contributed by atoms with Crippen LogP contribution in [0.25, 0.3) is 0 Å². The summed E-state index contributed by atoms with van der Waals surface area (Å²) in [5, 5.41) is 7.53. The number of rotatable bonds is 3. The maximum absolute atomic E-state index is 12.0. The molecule has 0 bridgehead atoms. The molecule has 0 radical (unpaired) electrons. The maximum Gasteiger partial charge on any atom is 0.410 e. The summed E-state index contributed by atoms with van der Waals surface area (Å²) < 4.78 is 7.19. The van der Waals surface area contributed by atoms with E-state index >= 15 is 0 Å². The van der Waals surface area contributed by atoms with Gasteiger partial charge in [0.25, 0.3) is 0 Å². The fourth-order valence-corrected chi connectivity index (χ4v) is 2.42. The molecular weight excluding hydrogens is 268 g/mol. The summed E-state index contributed by atoms with van der Waals surface area (Å²) in [6.45, 7) is 8.16.